The van der Waals surface area contributed by atoms with Crippen molar-refractivity contribution in [3.05, 3.63) is 72.3 Å². The predicted molar refractivity (Wildman–Crippen MR) is 98.3 cm³/mol. The van der Waals surface area contributed by atoms with E-state index in [1.54, 1.807) is 30.5 Å². The van der Waals surface area contributed by atoms with Crippen LogP contribution in [0.25, 0.3) is 5.69 Å². The quantitative estimate of drug-likeness (QED) is 0.719. The van der Waals surface area contributed by atoms with Crippen LogP contribution in [-0.4, -0.2) is 22.3 Å². The van der Waals surface area contributed by atoms with Gasteiger partial charge in [-0.2, -0.15) is 5.10 Å². The molecule has 0 aliphatic heterocycles. The van der Waals surface area contributed by atoms with Gasteiger partial charge in [0.2, 0.25) is 0 Å². The Labute approximate surface area is 151 Å². The molecule has 1 N–H and O–H groups in total. The van der Waals surface area contributed by atoms with E-state index in [-0.39, 0.29) is 17.4 Å². The topological polar surface area (TPSA) is 56.1 Å². The number of para-hydroxylation sites is 2. The zero-order chi connectivity index (χ0) is 18.5. The van der Waals surface area contributed by atoms with Crippen LogP contribution >= 0.6 is 0 Å². The van der Waals surface area contributed by atoms with Crippen molar-refractivity contribution in [1.82, 2.24) is 9.78 Å². The molecule has 1 aromatic heterocycles. The summed E-state index contributed by atoms with van der Waals surface area (Å²) in [5.74, 6) is 0.334. The van der Waals surface area contributed by atoms with Crippen LogP contribution in [0.5, 0.6) is 5.75 Å². The fraction of sp³-hybridized carbons (Fsp3) is 0.200. The lowest BCUT2D eigenvalue weighted by Crippen LogP contribution is -2.15. The molecule has 1 amide bonds. The molecule has 0 atom stereocenters. The molecule has 0 saturated carbocycles. The summed E-state index contributed by atoms with van der Waals surface area (Å²) in [6.45, 7) is 4.68. The highest BCUT2D eigenvalue weighted by Gasteiger charge is 2.13. The van der Waals surface area contributed by atoms with Crippen LogP contribution in [0.4, 0.5) is 10.1 Å². The maximum Gasteiger partial charge on any atom is 0.276 e. The average molecular weight is 353 g/mol. The van der Waals surface area contributed by atoms with Crippen molar-refractivity contribution in [3.8, 4) is 11.4 Å². The summed E-state index contributed by atoms with van der Waals surface area (Å²) in [4.78, 5) is 12.5. The first kappa shape index (κ1) is 17.7. The van der Waals surface area contributed by atoms with Gasteiger partial charge in [0.25, 0.3) is 5.91 Å². The molecule has 134 valence electrons. The molecular weight excluding hydrogens is 333 g/mol. The molecule has 26 heavy (non-hydrogen) atoms. The molecule has 0 saturated heterocycles. The third-order valence-corrected chi connectivity index (χ3v) is 3.62. The number of amides is 1. The van der Waals surface area contributed by atoms with Gasteiger partial charge < -0.3 is 10.1 Å². The summed E-state index contributed by atoms with van der Waals surface area (Å²) in [6.07, 6.45) is 1.66. The van der Waals surface area contributed by atoms with Gasteiger partial charge in [-0.3, -0.25) is 4.79 Å². The minimum absolute atomic E-state index is 0.257. The van der Waals surface area contributed by atoms with Crippen molar-refractivity contribution in [2.24, 2.45) is 5.92 Å². The zero-order valence-corrected chi connectivity index (χ0v) is 14.6. The van der Waals surface area contributed by atoms with Crippen LogP contribution < -0.4 is 10.1 Å². The highest BCUT2D eigenvalue weighted by molar-refractivity contribution is 6.03. The number of hydrogen-bond donors (Lipinski definition) is 1. The van der Waals surface area contributed by atoms with Gasteiger partial charge >= 0.3 is 0 Å². The van der Waals surface area contributed by atoms with E-state index in [9.17, 15) is 9.18 Å². The molecule has 5 nitrogen and oxygen atoms in total. The van der Waals surface area contributed by atoms with E-state index in [4.69, 9.17) is 4.74 Å². The first-order valence-electron chi connectivity index (χ1n) is 8.37. The Hall–Kier alpha value is -3.15. The Kier molecular flexibility index (Phi) is 5.31. The van der Waals surface area contributed by atoms with Crippen molar-refractivity contribution in [1.29, 1.82) is 0 Å². The fourth-order valence-electron chi connectivity index (χ4n) is 2.32. The molecule has 2 aromatic carbocycles. The summed E-state index contributed by atoms with van der Waals surface area (Å²) in [6, 6.07) is 14.8. The Balaban J connectivity index is 1.74. The number of halogens is 1. The molecule has 0 aliphatic rings. The SMILES string of the molecule is CC(C)COc1ccccc1NC(=O)c1ccn(-c2ccc(F)cc2)n1. The molecule has 3 rings (SSSR count). The zero-order valence-electron chi connectivity index (χ0n) is 14.6. The summed E-state index contributed by atoms with van der Waals surface area (Å²) in [5.41, 5.74) is 1.52. The number of nitrogens with one attached hydrogen (secondary N) is 1. The largest absolute Gasteiger partial charge is 0.491 e. The second-order valence-corrected chi connectivity index (χ2v) is 6.28. The number of carbonyl (C=O) groups is 1. The number of hydrogen-bond acceptors (Lipinski definition) is 3. The molecule has 1 heterocycles. The number of nitrogens with zero attached hydrogens (tertiary/aromatic N) is 2. The Morgan fingerprint density at radius 2 is 1.88 bits per heavy atom. The minimum Gasteiger partial charge on any atom is -0.491 e. The summed E-state index contributed by atoms with van der Waals surface area (Å²) < 4.78 is 20.3. The highest BCUT2D eigenvalue weighted by atomic mass is 19.1. The van der Waals surface area contributed by atoms with Gasteiger partial charge in [-0.05, 0) is 48.4 Å². The van der Waals surface area contributed by atoms with E-state index >= 15 is 0 Å². The lowest BCUT2D eigenvalue weighted by molar-refractivity contribution is 0.102. The fourth-order valence-corrected chi connectivity index (χ4v) is 2.32. The Morgan fingerprint density at radius 3 is 2.62 bits per heavy atom. The average Bonchev–Trinajstić information content (AvgIpc) is 3.12. The summed E-state index contributed by atoms with van der Waals surface area (Å²) in [5, 5.41) is 7.08. The van der Waals surface area contributed by atoms with Crippen LogP contribution in [0.1, 0.15) is 24.3 Å². The summed E-state index contributed by atoms with van der Waals surface area (Å²) in [7, 11) is 0. The molecule has 3 aromatic rings. The van der Waals surface area contributed by atoms with E-state index < -0.39 is 0 Å². The second-order valence-electron chi connectivity index (χ2n) is 6.28. The molecule has 0 fully saturated rings. The molecule has 6 heteroatoms. The van der Waals surface area contributed by atoms with Gasteiger partial charge in [-0.25, -0.2) is 9.07 Å². The number of anilines is 1. The van der Waals surface area contributed by atoms with Crippen molar-refractivity contribution >= 4 is 11.6 Å². The summed E-state index contributed by atoms with van der Waals surface area (Å²) >= 11 is 0. The standard InChI is InChI=1S/C20H20FN3O2/c1-14(2)13-26-19-6-4-3-5-17(19)22-20(25)18-11-12-24(23-18)16-9-7-15(21)8-10-16/h3-12,14H,13H2,1-2H3,(H,22,25). The molecule has 0 spiro atoms. The Bertz CT molecular complexity index is 888. The van der Waals surface area contributed by atoms with Gasteiger partial charge in [0, 0.05) is 6.20 Å². The molecule has 0 bridgehead atoms. The van der Waals surface area contributed by atoms with Crippen LogP contribution in [0, 0.1) is 11.7 Å². The van der Waals surface area contributed by atoms with Crippen LogP contribution in [-0.2, 0) is 0 Å². The van der Waals surface area contributed by atoms with E-state index in [0.29, 0.717) is 29.6 Å². The lowest BCUT2D eigenvalue weighted by atomic mass is 10.2. The molecule has 0 unspecified atom stereocenters. The third kappa shape index (κ3) is 4.27. The number of rotatable bonds is 6. The maximum atomic E-state index is 13.0. The van der Waals surface area contributed by atoms with Crippen LogP contribution in [0.3, 0.4) is 0 Å². The van der Waals surface area contributed by atoms with Crippen LogP contribution in [0.15, 0.2) is 60.8 Å². The minimum atomic E-state index is -0.341. The smallest absolute Gasteiger partial charge is 0.276 e. The van der Waals surface area contributed by atoms with E-state index in [0.717, 1.165) is 0 Å². The maximum absolute atomic E-state index is 13.0. The van der Waals surface area contributed by atoms with Gasteiger partial charge in [-0.1, -0.05) is 26.0 Å². The van der Waals surface area contributed by atoms with E-state index in [1.165, 1.54) is 16.8 Å². The van der Waals surface area contributed by atoms with Crippen molar-refractivity contribution in [2.45, 2.75) is 13.8 Å². The molecule has 0 radical (unpaired) electrons. The van der Waals surface area contributed by atoms with E-state index in [1.807, 2.05) is 18.2 Å². The van der Waals surface area contributed by atoms with Gasteiger partial charge in [0.15, 0.2) is 5.69 Å². The van der Waals surface area contributed by atoms with Crippen molar-refractivity contribution in [2.75, 3.05) is 11.9 Å². The molecular formula is C20H20FN3O2. The number of ether oxygens (including phenoxy) is 1. The number of aromatic nitrogens is 2. The highest BCUT2D eigenvalue weighted by Crippen LogP contribution is 2.24. The van der Waals surface area contributed by atoms with Crippen molar-refractivity contribution in [3.63, 3.8) is 0 Å². The first-order valence-corrected chi connectivity index (χ1v) is 8.37. The monoisotopic (exact) mass is 353 g/mol. The molecule has 0 aliphatic carbocycles. The van der Waals surface area contributed by atoms with Gasteiger partial charge in [-0.15, -0.1) is 0 Å². The first-order chi connectivity index (χ1) is 12.5. The third-order valence-electron chi connectivity index (χ3n) is 3.62. The lowest BCUT2D eigenvalue weighted by Gasteiger charge is -2.13. The van der Waals surface area contributed by atoms with Crippen LogP contribution in [0.2, 0.25) is 0 Å². The second kappa shape index (κ2) is 7.82. The van der Waals surface area contributed by atoms with E-state index in [2.05, 4.69) is 24.3 Å². The van der Waals surface area contributed by atoms with Crippen molar-refractivity contribution < 1.29 is 13.9 Å². The number of benzene rings is 2. The van der Waals surface area contributed by atoms with Gasteiger partial charge in [0.05, 0.1) is 18.0 Å². The normalized spacial score (nSPS) is 10.8. The van der Waals surface area contributed by atoms with Gasteiger partial charge in [0.1, 0.15) is 11.6 Å². The Morgan fingerprint density at radius 1 is 1.15 bits per heavy atom. The predicted octanol–water partition coefficient (Wildman–Crippen LogP) is 4.30. The number of carbonyl (C=O) groups excluding carboxylic acids is 1.